The molecule has 0 radical (unpaired) electrons. The number of carbonyl (C=O) groups excluding carboxylic acids is 1. The van der Waals surface area contributed by atoms with E-state index in [1.54, 1.807) is 6.20 Å². The third-order valence-electron chi connectivity index (χ3n) is 4.75. The fourth-order valence-corrected chi connectivity index (χ4v) is 4.02. The van der Waals surface area contributed by atoms with Crippen molar-refractivity contribution in [3.63, 3.8) is 0 Å². The van der Waals surface area contributed by atoms with Crippen LogP contribution in [0.5, 0.6) is 11.5 Å². The molecule has 156 valence electrons. The van der Waals surface area contributed by atoms with Crippen molar-refractivity contribution >= 4 is 17.7 Å². The first kappa shape index (κ1) is 20.3. The Balaban J connectivity index is 1.34. The summed E-state index contributed by atoms with van der Waals surface area (Å²) in [5.41, 5.74) is 2.89. The fourth-order valence-electron chi connectivity index (χ4n) is 3.20. The minimum atomic E-state index is -0.124. The topological polar surface area (TPSA) is 85.6 Å². The number of carbonyl (C=O) groups is 1. The fraction of sp³-hybridized carbons (Fsp3) is 0.273. The van der Waals surface area contributed by atoms with Crippen LogP contribution in [0, 0.1) is 0 Å². The molecule has 0 saturated carbocycles. The quantitative estimate of drug-likeness (QED) is 0.513. The van der Waals surface area contributed by atoms with Crippen molar-refractivity contribution in [3.05, 3.63) is 71.5 Å². The van der Waals surface area contributed by atoms with Gasteiger partial charge in [0.2, 0.25) is 12.7 Å². The molecule has 0 bridgehead atoms. The Morgan fingerprint density at radius 3 is 2.80 bits per heavy atom. The third-order valence-corrected chi connectivity index (χ3v) is 5.74. The van der Waals surface area contributed by atoms with Gasteiger partial charge in [0.25, 0.3) is 0 Å². The number of benzene rings is 2. The molecule has 2 N–H and O–H groups in total. The highest BCUT2D eigenvalue weighted by Gasteiger charge is 2.16. The van der Waals surface area contributed by atoms with Gasteiger partial charge in [0.15, 0.2) is 16.7 Å². The van der Waals surface area contributed by atoms with Gasteiger partial charge in [-0.3, -0.25) is 4.79 Å². The Kier molecular flexibility index (Phi) is 6.56. The molecule has 1 aromatic heterocycles. The second-order valence-corrected chi connectivity index (χ2v) is 7.78. The molecule has 0 unspecified atom stereocenters. The number of aromatic nitrogens is 2. The summed E-state index contributed by atoms with van der Waals surface area (Å²) in [6.45, 7) is 1.22. The molecule has 1 amide bonds. The van der Waals surface area contributed by atoms with Crippen molar-refractivity contribution in [1.29, 1.82) is 0 Å². The predicted octanol–water partition coefficient (Wildman–Crippen LogP) is 2.60. The van der Waals surface area contributed by atoms with Crippen LogP contribution in [0.15, 0.2) is 59.9 Å². The van der Waals surface area contributed by atoms with E-state index in [2.05, 4.69) is 10.3 Å². The second kappa shape index (κ2) is 9.69. The van der Waals surface area contributed by atoms with Crippen LogP contribution in [0.3, 0.4) is 0 Å². The van der Waals surface area contributed by atoms with Crippen molar-refractivity contribution in [2.75, 3.05) is 19.1 Å². The van der Waals surface area contributed by atoms with Crippen LogP contribution >= 0.6 is 11.8 Å². The molecule has 0 atom stereocenters. The highest BCUT2D eigenvalue weighted by atomic mass is 32.2. The van der Waals surface area contributed by atoms with Crippen molar-refractivity contribution in [2.24, 2.45) is 0 Å². The largest absolute Gasteiger partial charge is 0.454 e. The summed E-state index contributed by atoms with van der Waals surface area (Å²) < 4.78 is 12.7. The highest BCUT2D eigenvalue weighted by Crippen LogP contribution is 2.33. The first-order valence-corrected chi connectivity index (χ1v) is 10.7. The van der Waals surface area contributed by atoms with E-state index in [1.807, 2.05) is 53.1 Å². The van der Waals surface area contributed by atoms with Crippen LogP contribution in [0.2, 0.25) is 0 Å². The minimum Gasteiger partial charge on any atom is -0.454 e. The lowest BCUT2D eigenvalue weighted by Crippen LogP contribution is -2.27. The summed E-state index contributed by atoms with van der Waals surface area (Å²) in [5.74, 6) is 1.66. The lowest BCUT2D eigenvalue weighted by atomic mass is 10.1. The maximum absolute atomic E-state index is 12.2. The number of imidazole rings is 1. The molecule has 0 aliphatic carbocycles. The average Bonchev–Trinajstić information content (AvgIpc) is 3.39. The zero-order chi connectivity index (χ0) is 20.8. The highest BCUT2D eigenvalue weighted by molar-refractivity contribution is 7.99. The number of aliphatic hydroxyl groups is 1. The van der Waals surface area contributed by atoms with Gasteiger partial charge in [-0.2, -0.15) is 0 Å². The Morgan fingerprint density at radius 2 is 1.97 bits per heavy atom. The number of nitrogens with zero attached hydrogens (tertiary/aromatic N) is 2. The summed E-state index contributed by atoms with van der Waals surface area (Å²) in [4.78, 5) is 16.6. The smallest absolute Gasteiger partial charge is 0.231 e. The second-order valence-electron chi connectivity index (χ2n) is 6.84. The number of thioether (sulfide) groups is 1. The molecule has 0 spiro atoms. The van der Waals surface area contributed by atoms with Crippen molar-refractivity contribution in [1.82, 2.24) is 14.9 Å². The van der Waals surface area contributed by atoms with Crippen LogP contribution in [-0.2, 0) is 24.4 Å². The normalized spacial score (nSPS) is 12.2. The molecule has 0 fully saturated rings. The SMILES string of the molecule is O=C(CSc1ncc(CO)n1Cc1ccc2c(c1)OCO2)NCCc1ccccc1. The maximum atomic E-state index is 12.2. The van der Waals surface area contributed by atoms with Crippen molar-refractivity contribution < 1.29 is 19.4 Å². The molecular formula is C22H23N3O4S. The van der Waals surface area contributed by atoms with Crippen molar-refractivity contribution in [3.8, 4) is 11.5 Å². The Hall–Kier alpha value is -2.97. The molecule has 30 heavy (non-hydrogen) atoms. The Morgan fingerprint density at radius 1 is 1.13 bits per heavy atom. The number of rotatable bonds is 9. The van der Waals surface area contributed by atoms with E-state index in [1.165, 1.54) is 17.3 Å². The lowest BCUT2D eigenvalue weighted by molar-refractivity contribution is -0.118. The molecule has 1 aliphatic rings. The van der Waals surface area contributed by atoms with Gasteiger partial charge in [0.1, 0.15) is 0 Å². The van der Waals surface area contributed by atoms with Gasteiger partial charge in [-0.1, -0.05) is 48.2 Å². The molecule has 1 aliphatic heterocycles. The molecule has 2 aromatic carbocycles. The zero-order valence-electron chi connectivity index (χ0n) is 16.4. The summed E-state index contributed by atoms with van der Waals surface area (Å²) >= 11 is 1.36. The summed E-state index contributed by atoms with van der Waals surface area (Å²) in [6.07, 6.45) is 2.44. The van der Waals surface area contributed by atoms with Gasteiger partial charge in [-0.15, -0.1) is 0 Å². The number of ether oxygens (including phenoxy) is 2. The first-order valence-electron chi connectivity index (χ1n) is 9.70. The van der Waals surface area contributed by atoms with Crippen LogP contribution < -0.4 is 14.8 Å². The number of hydrogen-bond donors (Lipinski definition) is 2. The van der Waals surface area contributed by atoms with Gasteiger partial charge in [-0.25, -0.2) is 4.98 Å². The minimum absolute atomic E-state index is 0.0425. The number of amides is 1. The van der Waals surface area contributed by atoms with E-state index in [-0.39, 0.29) is 25.1 Å². The summed E-state index contributed by atoms with van der Waals surface area (Å²) in [7, 11) is 0. The first-order chi connectivity index (χ1) is 14.7. The Labute approximate surface area is 179 Å². The van der Waals surface area contributed by atoms with E-state index in [0.717, 1.165) is 17.7 Å². The van der Waals surface area contributed by atoms with Crippen LogP contribution in [-0.4, -0.2) is 39.7 Å². The summed E-state index contributed by atoms with van der Waals surface area (Å²) in [5, 5.41) is 13.3. The zero-order valence-corrected chi connectivity index (χ0v) is 17.2. The van der Waals surface area contributed by atoms with E-state index in [0.29, 0.717) is 29.7 Å². The van der Waals surface area contributed by atoms with Gasteiger partial charge in [-0.05, 0) is 29.7 Å². The van der Waals surface area contributed by atoms with Crippen LogP contribution in [0.25, 0.3) is 0 Å². The Bertz CT molecular complexity index is 1010. The number of nitrogens with one attached hydrogen (secondary N) is 1. The summed E-state index contributed by atoms with van der Waals surface area (Å²) in [6, 6.07) is 15.8. The average molecular weight is 426 g/mol. The predicted molar refractivity (Wildman–Crippen MR) is 114 cm³/mol. The van der Waals surface area contributed by atoms with Gasteiger partial charge >= 0.3 is 0 Å². The number of aliphatic hydroxyl groups excluding tert-OH is 1. The molecule has 3 aromatic rings. The van der Waals surface area contributed by atoms with E-state index >= 15 is 0 Å². The number of fused-ring (bicyclic) bond motifs is 1. The van der Waals surface area contributed by atoms with Gasteiger partial charge < -0.3 is 24.5 Å². The van der Waals surface area contributed by atoms with Crippen molar-refractivity contribution in [2.45, 2.75) is 24.7 Å². The standard InChI is InChI=1S/C22H23N3O4S/c26-13-18-11-24-22(25(18)12-17-6-7-19-20(10-17)29-15-28-19)30-14-21(27)23-9-8-16-4-2-1-3-5-16/h1-7,10-11,26H,8-9,12-15H2,(H,23,27). The van der Waals surface area contributed by atoms with E-state index in [4.69, 9.17) is 9.47 Å². The van der Waals surface area contributed by atoms with Gasteiger partial charge in [0, 0.05) is 6.54 Å². The van der Waals surface area contributed by atoms with Crippen LogP contribution in [0.1, 0.15) is 16.8 Å². The molecule has 0 saturated heterocycles. The molecule has 7 nitrogen and oxygen atoms in total. The molecule has 2 heterocycles. The monoisotopic (exact) mass is 425 g/mol. The number of hydrogen-bond acceptors (Lipinski definition) is 6. The lowest BCUT2D eigenvalue weighted by Gasteiger charge is -2.11. The molecular weight excluding hydrogens is 402 g/mol. The third kappa shape index (κ3) is 4.95. The molecule has 8 heteroatoms. The van der Waals surface area contributed by atoms with Gasteiger partial charge in [0.05, 0.1) is 30.8 Å². The van der Waals surface area contributed by atoms with E-state index in [9.17, 15) is 9.90 Å². The molecule has 4 rings (SSSR count). The van der Waals surface area contributed by atoms with Crippen LogP contribution in [0.4, 0.5) is 0 Å². The maximum Gasteiger partial charge on any atom is 0.231 e. The van der Waals surface area contributed by atoms with E-state index < -0.39 is 0 Å².